The maximum Gasteiger partial charge on any atom is 0.222 e. The number of nitrogens with zero attached hydrogens (tertiary/aromatic N) is 1. The number of nitrogens with one attached hydrogen (secondary N) is 3. The molecule has 0 radical (unpaired) electrons. The Labute approximate surface area is 131 Å². The van der Waals surface area contributed by atoms with Gasteiger partial charge in [0.05, 0.1) is 0 Å². The van der Waals surface area contributed by atoms with E-state index >= 15 is 0 Å². The Morgan fingerprint density at radius 1 is 1.23 bits per heavy atom. The Kier molecular flexibility index (Phi) is 7.36. The van der Waals surface area contributed by atoms with Gasteiger partial charge in [-0.2, -0.15) is 0 Å². The number of carbonyl (C=O) groups excluding carboxylic acids is 1. The van der Waals surface area contributed by atoms with Crippen molar-refractivity contribution in [3.8, 4) is 0 Å². The molecule has 0 spiro atoms. The second-order valence-corrected chi connectivity index (χ2v) is 5.38. The predicted octanol–water partition coefficient (Wildman–Crippen LogP) is 1.57. The smallest absolute Gasteiger partial charge is 0.222 e. The van der Waals surface area contributed by atoms with E-state index in [9.17, 15) is 9.18 Å². The largest absolute Gasteiger partial charge is 0.355 e. The molecular weight excluding hydrogens is 283 g/mol. The van der Waals surface area contributed by atoms with Crippen molar-refractivity contribution >= 4 is 11.9 Å². The minimum atomic E-state index is -0.202. The monoisotopic (exact) mass is 308 g/mol. The number of carbonyl (C=O) groups is 1. The third-order valence-electron chi connectivity index (χ3n) is 3.15. The lowest BCUT2D eigenvalue weighted by molar-refractivity contribution is -0.123. The first-order valence-corrected chi connectivity index (χ1v) is 7.41. The van der Waals surface area contributed by atoms with E-state index in [1.54, 1.807) is 26.1 Å². The Hall–Kier alpha value is -2.11. The van der Waals surface area contributed by atoms with E-state index in [0.29, 0.717) is 31.2 Å². The third kappa shape index (κ3) is 6.11. The van der Waals surface area contributed by atoms with E-state index < -0.39 is 0 Å². The average Bonchev–Trinajstić information content (AvgIpc) is 2.49. The molecule has 0 heterocycles. The first-order valence-electron chi connectivity index (χ1n) is 7.41. The molecule has 0 aliphatic carbocycles. The Morgan fingerprint density at radius 3 is 2.50 bits per heavy atom. The predicted molar refractivity (Wildman–Crippen MR) is 87.2 cm³/mol. The normalized spacial score (nSPS) is 11.5. The summed E-state index contributed by atoms with van der Waals surface area (Å²) in [7, 11) is 1.68. The van der Waals surface area contributed by atoms with Crippen LogP contribution >= 0.6 is 0 Å². The van der Waals surface area contributed by atoms with Gasteiger partial charge in [-0.15, -0.1) is 0 Å². The van der Waals surface area contributed by atoms with Crippen molar-refractivity contribution in [3.05, 3.63) is 35.1 Å². The van der Waals surface area contributed by atoms with Gasteiger partial charge < -0.3 is 16.0 Å². The van der Waals surface area contributed by atoms with Crippen LogP contribution in [0.1, 0.15) is 25.0 Å². The van der Waals surface area contributed by atoms with Gasteiger partial charge in [0.15, 0.2) is 5.96 Å². The summed E-state index contributed by atoms with van der Waals surface area (Å²) in [5.74, 6) is 0.457. The molecule has 0 aliphatic heterocycles. The van der Waals surface area contributed by atoms with Crippen molar-refractivity contribution < 1.29 is 9.18 Å². The second kappa shape index (κ2) is 9.02. The fourth-order valence-electron chi connectivity index (χ4n) is 1.79. The van der Waals surface area contributed by atoms with Crippen LogP contribution in [0.2, 0.25) is 0 Å². The number of aryl methyl sites for hydroxylation is 1. The number of benzene rings is 1. The number of hydrogen-bond acceptors (Lipinski definition) is 2. The van der Waals surface area contributed by atoms with E-state index in [1.165, 1.54) is 6.07 Å². The van der Waals surface area contributed by atoms with Crippen LogP contribution in [0.5, 0.6) is 0 Å². The summed E-state index contributed by atoms with van der Waals surface area (Å²) in [6.45, 7) is 7.12. The fourth-order valence-corrected chi connectivity index (χ4v) is 1.79. The average molecular weight is 308 g/mol. The number of aliphatic imine (C=N–C) groups is 1. The van der Waals surface area contributed by atoms with Gasteiger partial charge in [0.25, 0.3) is 0 Å². The highest BCUT2D eigenvalue weighted by Gasteiger charge is 2.05. The molecule has 3 N–H and O–H groups in total. The lowest BCUT2D eigenvalue weighted by Crippen LogP contribution is -2.41. The van der Waals surface area contributed by atoms with Gasteiger partial charge in [-0.05, 0) is 24.1 Å². The summed E-state index contributed by atoms with van der Waals surface area (Å²) in [6, 6.07) is 5.01. The molecule has 0 aromatic heterocycles. The molecule has 0 saturated heterocycles. The summed E-state index contributed by atoms with van der Waals surface area (Å²) in [4.78, 5) is 15.5. The van der Waals surface area contributed by atoms with Crippen LogP contribution in [0.4, 0.5) is 4.39 Å². The molecule has 0 atom stereocenters. The first-order chi connectivity index (χ1) is 10.4. The van der Waals surface area contributed by atoms with E-state index in [0.717, 1.165) is 5.56 Å². The molecule has 122 valence electrons. The van der Waals surface area contributed by atoms with Crippen molar-refractivity contribution in [1.29, 1.82) is 0 Å². The van der Waals surface area contributed by atoms with E-state index in [-0.39, 0.29) is 17.6 Å². The van der Waals surface area contributed by atoms with Gasteiger partial charge in [-0.25, -0.2) is 4.39 Å². The molecule has 1 amide bonds. The fraction of sp³-hybridized carbons (Fsp3) is 0.500. The van der Waals surface area contributed by atoms with Crippen LogP contribution in [0.3, 0.4) is 0 Å². The topological polar surface area (TPSA) is 65.5 Å². The van der Waals surface area contributed by atoms with E-state index in [1.807, 2.05) is 13.8 Å². The van der Waals surface area contributed by atoms with Gasteiger partial charge >= 0.3 is 0 Å². The summed E-state index contributed by atoms with van der Waals surface area (Å²) < 4.78 is 13.2. The van der Waals surface area contributed by atoms with Crippen molar-refractivity contribution in [1.82, 2.24) is 16.0 Å². The SMILES string of the molecule is CN=C(NCCNC(=O)C(C)C)NCc1ccc(F)c(C)c1. The Morgan fingerprint density at radius 2 is 1.91 bits per heavy atom. The van der Waals surface area contributed by atoms with Gasteiger partial charge in [-0.3, -0.25) is 9.79 Å². The van der Waals surface area contributed by atoms with Crippen LogP contribution < -0.4 is 16.0 Å². The molecule has 6 heteroatoms. The Bertz CT molecular complexity index is 529. The van der Waals surface area contributed by atoms with Crippen molar-refractivity contribution in [2.45, 2.75) is 27.3 Å². The maximum absolute atomic E-state index is 13.2. The number of halogens is 1. The molecular formula is C16H25FN4O. The van der Waals surface area contributed by atoms with Crippen LogP contribution in [0, 0.1) is 18.7 Å². The summed E-state index contributed by atoms with van der Waals surface area (Å²) >= 11 is 0. The number of amides is 1. The minimum absolute atomic E-state index is 0.0147. The second-order valence-electron chi connectivity index (χ2n) is 5.38. The van der Waals surface area contributed by atoms with Crippen LogP contribution in [0.15, 0.2) is 23.2 Å². The molecule has 1 aromatic carbocycles. The van der Waals surface area contributed by atoms with Crippen LogP contribution in [-0.4, -0.2) is 32.0 Å². The van der Waals surface area contributed by atoms with Gasteiger partial charge in [0.1, 0.15) is 5.82 Å². The molecule has 1 rings (SSSR count). The lowest BCUT2D eigenvalue weighted by Gasteiger charge is -2.13. The highest BCUT2D eigenvalue weighted by atomic mass is 19.1. The molecule has 0 bridgehead atoms. The molecule has 0 saturated carbocycles. The number of hydrogen-bond donors (Lipinski definition) is 3. The van der Waals surface area contributed by atoms with Gasteiger partial charge in [-0.1, -0.05) is 26.0 Å². The molecule has 5 nitrogen and oxygen atoms in total. The van der Waals surface area contributed by atoms with Gasteiger partial charge in [0.2, 0.25) is 5.91 Å². The maximum atomic E-state index is 13.2. The van der Waals surface area contributed by atoms with E-state index in [4.69, 9.17) is 0 Å². The van der Waals surface area contributed by atoms with E-state index in [2.05, 4.69) is 20.9 Å². The zero-order chi connectivity index (χ0) is 16.5. The van der Waals surface area contributed by atoms with Crippen LogP contribution in [0.25, 0.3) is 0 Å². The summed E-state index contributed by atoms with van der Waals surface area (Å²) in [5, 5.41) is 9.08. The highest BCUT2D eigenvalue weighted by molar-refractivity contribution is 5.80. The molecule has 0 aliphatic rings. The lowest BCUT2D eigenvalue weighted by atomic mass is 10.1. The molecule has 22 heavy (non-hydrogen) atoms. The standard InChI is InChI=1S/C16H25FN4O/c1-11(2)15(22)19-7-8-20-16(18-4)21-10-13-5-6-14(17)12(3)9-13/h5-6,9,11H,7-8,10H2,1-4H3,(H,19,22)(H2,18,20,21). The first kappa shape index (κ1) is 17.9. The minimum Gasteiger partial charge on any atom is -0.355 e. The zero-order valence-electron chi connectivity index (χ0n) is 13.7. The zero-order valence-corrected chi connectivity index (χ0v) is 13.7. The summed E-state index contributed by atoms with van der Waals surface area (Å²) in [6.07, 6.45) is 0. The quantitative estimate of drug-likeness (QED) is 0.425. The molecule has 0 unspecified atom stereocenters. The number of guanidine groups is 1. The van der Waals surface area contributed by atoms with Gasteiger partial charge in [0, 0.05) is 32.6 Å². The number of rotatable bonds is 6. The van der Waals surface area contributed by atoms with Crippen molar-refractivity contribution in [2.24, 2.45) is 10.9 Å². The van der Waals surface area contributed by atoms with Crippen molar-refractivity contribution in [3.63, 3.8) is 0 Å². The van der Waals surface area contributed by atoms with Crippen molar-refractivity contribution in [2.75, 3.05) is 20.1 Å². The highest BCUT2D eigenvalue weighted by Crippen LogP contribution is 2.08. The third-order valence-corrected chi connectivity index (χ3v) is 3.15. The Balaban J connectivity index is 2.33. The molecule has 1 aromatic rings. The van der Waals surface area contributed by atoms with Crippen LogP contribution in [-0.2, 0) is 11.3 Å². The summed E-state index contributed by atoms with van der Waals surface area (Å²) in [5.41, 5.74) is 1.61. The molecule has 0 fully saturated rings.